The summed E-state index contributed by atoms with van der Waals surface area (Å²) in [6.07, 6.45) is 5.42. The van der Waals surface area contributed by atoms with Gasteiger partial charge >= 0.3 is 0 Å². The summed E-state index contributed by atoms with van der Waals surface area (Å²) in [4.78, 5) is 11.4. The Morgan fingerprint density at radius 3 is 2.81 bits per heavy atom. The predicted octanol–water partition coefficient (Wildman–Crippen LogP) is 3.25. The van der Waals surface area contributed by atoms with Crippen molar-refractivity contribution in [1.82, 2.24) is 5.32 Å². The van der Waals surface area contributed by atoms with Gasteiger partial charge in [-0.15, -0.1) is 0 Å². The van der Waals surface area contributed by atoms with Crippen LogP contribution < -0.4 is 15.4 Å². The van der Waals surface area contributed by atoms with Crippen LogP contribution in [-0.2, 0) is 4.79 Å². The summed E-state index contributed by atoms with van der Waals surface area (Å²) in [6.45, 7) is 4.58. The minimum absolute atomic E-state index is 0.0837. The van der Waals surface area contributed by atoms with Crippen LogP contribution in [0.2, 0.25) is 0 Å². The van der Waals surface area contributed by atoms with E-state index in [2.05, 4.69) is 30.5 Å². The fraction of sp³-hybridized carbons (Fsp3) is 0.588. The maximum Gasteiger partial charge on any atom is 0.262 e. The molecule has 2 N–H and O–H groups in total. The molecule has 21 heavy (non-hydrogen) atoms. The molecule has 1 aromatic rings. The smallest absolute Gasteiger partial charge is 0.262 e. The summed E-state index contributed by atoms with van der Waals surface area (Å²) in [6, 6.07) is 6.85. The van der Waals surface area contributed by atoms with Crippen molar-refractivity contribution < 1.29 is 9.53 Å². The third kappa shape index (κ3) is 3.21. The van der Waals surface area contributed by atoms with E-state index in [0.717, 1.165) is 17.4 Å². The standard InChI is InChI=1S/C17H24N2O2/c1-11(13-5-3-4-6-13)18-12(2)14-7-8-16-15(9-14)19-17(20)10-21-16/h7-9,11-13,18H,3-6,10H2,1-2H3,(H,19,20)/t11-,12?/m0/s1. The van der Waals surface area contributed by atoms with Gasteiger partial charge in [0.15, 0.2) is 6.61 Å². The van der Waals surface area contributed by atoms with E-state index in [-0.39, 0.29) is 18.6 Å². The van der Waals surface area contributed by atoms with E-state index in [4.69, 9.17) is 4.74 Å². The molecule has 0 aromatic heterocycles. The Kier molecular flexibility index (Phi) is 4.15. The van der Waals surface area contributed by atoms with E-state index in [1.807, 2.05) is 12.1 Å². The lowest BCUT2D eigenvalue weighted by atomic mass is 9.97. The van der Waals surface area contributed by atoms with Gasteiger partial charge in [0.25, 0.3) is 5.91 Å². The molecule has 2 aliphatic rings. The van der Waals surface area contributed by atoms with Crippen LogP contribution in [0.15, 0.2) is 18.2 Å². The first-order chi connectivity index (χ1) is 10.1. The zero-order chi connectivity index (χ0) is 14.8. The fourth-order valence-electron chi connectivity index (χ4n) is 3.45. The van der Waals surface area contributed by atoms with Crippen LogP contribution in [0.3, 0.4) is 0 Å². The number of ether oxygens (including phenoxy) is 1. The summed E-state index contributed by atoms with van der Waals surface area (Å²) < 4.78 is 5.40. The van der Waals surface area contributed by atoms with E-state index >= 15 is 0 Å². The number of anilines is 1. The Morgan fingerprint density at radius 1 is 1.29 bits per heavy atom. The highest BCUT2D eigenvalue weighted by molar-refractivity contribution is 5.95. The molecule has 2 atom stereocenters. The molecule has 1 heterocycles. The average Bonchev–Trinajstić information content (AvgIpc) is 3.00. The quantitative estimate of drug-likeness (QED) is 0.894. The molecule has 1 unspecified atom stereocenters. The Balaban J connectivity index is 1.68. The molecule has 0 saturated heterocycles. The Morgan fingerprint density at radius 2 is 2.05 bits per heavy atom. The van der Waals surface area contributed by atoms with Gasteiger partial charge in [-0.3, -0.25) is 4.79 Å². The van der Waals surface area contributed by atoms with Crippen LogP contribution in [0.25, 0.3) is 0 Å². The van der Waals surface area contributed by atoms with Gasteiger partial charge in [0, 0.05) is 12.1 Å². The molecule has 1 aliphatic heterocycles. The predicted molar refractivity (Wildman–Crippen MR) is 83.5 cm³/mol. The molecule has 4 heteroatoms. The van der Waals surface area contributed by atoms with Gasteiger partial charge in [-0.05, 0) is 50.3 Å². The third-order valence-electron chi connectivity index (χ3n) is 4.76. The third-order valence-corrected chi connectivity index (χ3v) is 4.76. The van der Waals surface area contributed by atoms with E-state index in [1.54, 1.807) is 0 Å². The van der Waals surface area contributed by atoms with Crippen molar-refractivity contribution in [2.45, 2.75) is 51.6 Å². The average molecular weight is 288 g/mol. The molecule has 1 amide bonds. The Hall–Kier alpha value is -1.55. The number of hydrogen-bond donors (Lipinski definition) is 2. The maximum atomic E-state index is 11.4. The fourth-order valence-corrected chi connectivity index (χ4v) is 3.45. The van der Waals surface area contributed by atoms with Crippen molar-refractivity contribution in [3.8, 4) is 5.75 Å². The second kappa shape index (κ2) is 6.06. The molecule has 1 aliphatic carbocycles. The van der Waals surface area contributed by atoms with Crippen molar-refractivity contribution in [2.75, 3.05) is 11.9 Å². The molecule has 1 saturated carbocycles. The number of benzene rings is 1. The number of carbonyl (C=O) groups is 1. The van der Waals surface area contributed by atoms with Gasteiger partial charge in [0.05, 0.1) is 5.69 Å². The zero-order valence-corrected chi connectivity index (χ0v) is 12.8. The summed E-state index contributed by atoms with van der Waals surface area (Å²) >= 11 is 0. The highest BCUT2D eigenvalue weighted by atomic mass is 16.5. The molecular weight excluding hydrogens is 264 g/mol. The molecular formula is C17H24N2O2. The van der Waals surface area contributed by atoms with Crippen LogP contribution in [-0.4, -0.2) is 18.6 Å². The number of nitrogens with one attached hydrogen (secondary N) is 2. The van der Waals surface area contributed by atoms with E-state index in [9.17, 15) is 4.79 Å². The first-order valence-corrected chi connectivity index (χ1v) is 7.96. The minimum atomic E-state index is -0.0837. The molecule has 0 bridgehead atoms. The van der Waals surface area contributed by atoms with Crippen molar-refractivity contribution in [3.63, 3.8) is 0 Å². The van der Waals surface area contributed by atoms with Gasteiger partial charge in [0.1, 0.15) is 5.75 Å². The normalized spacial score (nSPS) is 21.3. The van der Waals surface area contributed by atoms with Gasteiger partial charge < -0.3 is 15.4 Å². The van der Waals surface area contributed by atoms with E-state index in [1.165, 1.54) is 31.2 Å². The lowest BCUT2D eigenvalue weighted by Crippen LogP contribution is -2.34. The second-order valence-electron chi connectivity index (χ2n) is 6.31. The summed E-state index contributed by atoms with van der Waals surface area (Å²) in [5.41, 5.74) is 1.97. The number of amides is 1. The number of fused-ring (bicyclic) bond motifs is 1. The van der Waals surface area contributed by atoms with Crippen molar-refractivity contribution in [2.24, 2.45) is 5.92 Å². The first-order valence-electron chi connectivity index (χ1n) is 7.96. The highest BCUT2D eigenvalue weighted by Crippen LogP contribution is 2.32. The Bertz CT molecular complexity index is 524. The van der Waals surface area contributed by atoms with Gasteiger partial charge in [-0.25, -0.2) is 0 Å². The maximum absolute atomic E-state index is 11.4. The van der Waals surface area contributed by atoms with Crippen LogP contribution in [0.4, 0.5) is 5.69 Å². The van der Waals surface area contributed by atoms with E-state index in [0.29, 0.717) is 6.04 Å². The molecule has 4 nitrogen and oxygen atoms in total. The number of carbonyl (C=O) groups excluding carboxylic acids is 1. The molecule has 0 radical (unpaired) electrons. The monoisotopic (exact) mass is 288 g/mol. The zero-order valence-electron chi connectivity index (χ0n) is 12.8. The molecule has 1 fully saturated rings. The van der Waals surface area contributed by atoms with Gasteiger partial charge in [-0.1, -0.05) is 18.9 Å². The molecule has 3 rings (SSSR count). The molecule has 0 spiro atoms. The first kappa shape index (κ1) is 14.4. The lowest BCUT2D eigenvalue weighted by molar-refractivity contribution is -0.118. The molecule has 1 aromatic carbocycles. The van der Waals surface area contributed by atoms with Crippen LogP contribution in [0.1, 0.15) is 51.1 Å². The highest BCUT2D eigenvalue weighted by Gasteiger charge is 2.23. The van der Waals surface area contributed by atoms with Gasteiger partial charge in [0.2, 0.25) is 0 Å². The van der Waals surface area contributed by atoms with Crippen LogP contribution in [0, 0.1) is 5.92 Å². The summed E-state index contributed by atoms with van der Waals surface area (Å²) in [5.74, 6) is 1.47. The summed E-state index contributed by atoms with van der Waals surface area (Å²) in [7, 11) is 0. The number of rotatable bonds is 4. The van der Waals surface area contributed by atoms with Crippen LogP contribution >= 0.6 is 0 Å². The van der Waals surface area contributed by atoms with Gasteiger partial charge in [-0.2, -0.15) is 0 Å². The summed E-state index contributed by atoms with van der Waals surface area (Å²) in [5, 5.41) is 6.57. The SMILES string of the molecule is CC(N[C@@H](C)C1CCCC1)c1ccc2c(c1)NC(=O)CO2. The molecule has 114 valence electrons. The largest absolute Gasteiger partial charge is 0.482 e. The minimum Gasteiger partial charge on any atom is -0.482 e. The topological polar surface area (TPSA) is 50.4 Å². The van der Waals surface area contributed by atoms with Crippen LogP contribution in [0.5, 0.6) is 5.75 Å². The van der Waals surface area contributed by atoms with Crippen molar-refractivity contribution >= 4 is 11.6 Å². The van der Waals surface area contributed by atoms with Crippen molar-refractivity contribution in [3.05, 3.63) is 23.8 Å². The Labute approximate surface area is 126 Å². The number of hydrogen-bond acceptors (Lipinski definition) is 3. The second-order valence-corrected chi connectivity index (χ2v) is 6.31. The lowest BCUT2D eigenvalue weighted by Gasteiger charge is -2.26. The van der Waals surface area contributed by atoms with E-state index < -0.39 is 0 Å². The van der Waals surface area contributed by atoms with Crippen molar-refractivity contribution in [1.29, 1.82) is 0 Å².